The molecule has 112 valence electrons. The Labute approximate surface area is 127 Å². The topological polar surface area (TPSA) is 72.2 Å². The Bertz CT molecular complexity index is 494. The molecule has 1 aromatic rings. The minimum Gasteiger partial charge on any atom is -0.398 e. The number of halogens is 1. The van der Waals surface area contributed by atoms with Crippen molar-refractivity contribution in [3.8, 4) is 0 Å². The number of carbonyl (C=O) groups excluding carboxylic acids is 1. The smallest absolute Gasteiger partial charge is 0.235 e. The summed E-state index contributed by atoms with van der Waals surface area (Å²) < 4.78 is 12.4. The van der Waals surface area contributed by atoms with Crippen molar-refractivity contribution in [2.24, 2.45) is 0 Å². The lowest BCUT2D eigenvalue weighted by molar-refractivity contribution is -0.120. The standard InChI is InChI=1S/C14H21ClN2O2S/c1-3-4-5-8-17-14(18)10(2)20(19)13-9-11(15)6-7-12(13)16/h6-7,9-10H,3-5,8,16H2,1-2H3,(H,17,18). The average molecular weight is 317 g/mol. The second-order valence-electron chi connectivity index (χ2n) is 4.62. The lowest BCUT2D eigenvalue weighted by atomic mass is 10.2. The molecular weight excluding hydrogens is 296 g/mol. The van der Waals surface area contributed by atoms with Crippen LogP contribution in [0.5, 0.6) is 0 Å². The molecule has 3 N–H and O–H groups in total. The first kappa shape index (κ1) is 17.0. The lowest BCUT2D eigenvalue weighted by Crippen LogP contribution is -2.36. The Kier molecular flexibility index (Phi) is 7.02. The second-order valence-corrected chi connectivity index (χ2v) is 6.80. The van der Waals surface area contributed by atoms with Crippen molar-refractivity contribution in [3.63, 3.8) is 0 Å². The van der Waals surface area contributed by atoms with Gasteiger partial charge in [0.05, 0.1) is 15.7 Å². The predicted octanol–water partition coefficient (Wildman–Crippen LogP) is 2.72. The first-order valence-corrected chi connectivity index (χ1v) is 8.29. The third kappa shape index (κ3) is 4.80. The van der Waals surface area contributed by atoms with Gasteiger partial charge in [-0.25, -0.2) is 0 Å². The Morgan fingerprint density at radius 1 is 1.45 bits per heavy atom. The fourth-order valence-corrected chi connectivity index (χ4v) is 3.14. The average Bonchev–Trinajstić information content (AvgIpc) is 2.44. The largest absolute Gasteiger partial charge is 0.398 e. The zero-order chi connectivity index (χ0) is 15.1. The summed E-state index contributed by atoms with van der Waals surface area (Å²) in [6, 6.07) is 4.78. The van der Waals surface area contributed by atoms with Crippen molar-refractivity contribution in [3.05, 3.63) is 23.2 Å². The van der Waals surface area contributed by atoms with Crippen LogP contribution < -0.4 is 11.1 Å². The quantitative estimate of drug-likeness (QED) is 0.600. The Hall–Kier alpha value is -1.07. The molecule has 0 heterocycles. The van der Waals surface area contributed by atoms with Crippen LogP contribution in [0.2, 0.25) is 5.02 Å². The van der Waals surface area contributed by atoms with Crippen LogP contribution in [-0.4, -0.2) is 21.9 Å². The lowest BCUT2D eigenvalue weighted by Gasteiger charge is -2.13. The first-order valence-electron chi connectivity index (χ1n) is 6.70. The van der Waals surface area contributed by atoms with E-state index in [9.17, 15) is 9.00 Å². The van der Waals surface area contributed by atoms with E-state index in [-0.39, 0.29) is 5.91 Å². The molecule has 0 fully saturated rings. The normalized spacial score (nSPS) is 13.8. The highest BCUT2D eigenvalue weighted by Gasteiger charge is 2.22. The molecule has 1 amide bonds. The van der Waals surface area contributed by atoms with E-state index in [1.807, 2.05) is 0 Å². The van der Waals surface area contributed by atoms with Gasteiger partial charge >= 0.3 is 0 Å². The number of hydrogen-bond donors (Lipinski definition) is 2. The molecule has 2 atom stereocenters. The molecule has 0 spiro atoms. The Morgan fingerprint density at radius 3 is 2.80 bits per heavy atom. The number of rotatable bonds is 7. The van der Waals surface area contributed by atoms with Crippen LogP contribution in [-0.2, 0) is 15.6 Å². The minimum atomic E-state index is -1.51. The van der Waals surface area contributed by atoms with E-state index in [4.69, 9.17) is 17.3 Å². The first-order chi connectivity index (χ1) is 9.47. The zero-order valence-corrected chi connectivity index (χ0v) is 13.4. The summed E-state index contributed by atoms with van der Waals surface area (Å²) in [6.07, 6.45) is 3.09. The van der Waals surface area contributed by atoms with Gasteiger partial charge in [0.15, 0.2) is 0 Å². The van der Waals surface area contributed by atoms with Crippen molar-refractivity contribution in [1.29, 1.82) is 0 Å². The maximum absolute atomic E-state index is 12.4. The fourth-order valence-electron chi connectivity index (χ4n) is 1.70. The van der Waals surface area contributed by atoms with Crippen LogP contribution >= 0.6 is 11.6 Å². The molecule has 6 heteroatoms. The molecule has 2 unspecified atom stereocenters. The molecule has 0 aliphatic heterocycles. The molecule has 0 radical (unpaired) electrons. The van der Waals surface area contributed by atoms with Crippen molar-refractivity contribution in [2.45, 2.75) is 43.3 Å². The predicted molar refractivity (Wildman–Crippen MR) is 84.3 cm³/mol. The van der Waals surface area contributed by atoms with Gasteiger partial charge in [0.25, 0.3) is 0 Å². The number of hydrogen-bond acceptors (Lipinski definition) is 3. The van der Waals surface area contributed by atoms with Gasteiger partial charge in [-0.15, -0.1) is 0 Å². The van der Waals surface area contributed by atoms with E-state index in [2.05, 4.69) is 12.2 Å². The van der Waals surface area contributed by atoms with E-state index in [0.29, 0.717) is 22.2 Å². The Balaban J connectivity index is 2.66. The summed E-state index contributed by atoms with van der Waals surface area (Å²) >= 11 is 5.87. The van der Waals surface area contributed by atoms with Gasteiger partial charge in [-0.3, -0.25) is 9.00 Å². The highest BCUT2D eigenvalue weighted by molar-refractivity contribution is 7.86. The summed E-state index contributed by atoms with van der Waals surface area (Å²) in [5, 5.41) is 2.60. The molecule has 0 aliphatic rings. The number of carbonyl (C=O) groups is 1. The van der Waals surface area contributed by atoms with Crippen LogP contribution in [0, 0.1) is 0 Å². The van der Waals surface area contributed by atoms with Gasteiger partial charge in [-0.05, 0) is 31.5 Å². The number of anilines is 1. The summed E-state index contributed by atoms with van der Waals surface area (Å²) in [4.78, 5) is 12.4. The van der Waals surface area contributed by atoms with Crippen molar-refractivity contribution >= 4 is 34.0 Å². The summed E-state index contributed by atoms with van der Waals surface area (Å²) in [5.41, 5.74) is 6.17. The number of nitrogen functional groups attached to an aromatic ring is 1. The van der Waals surface area contributed by atoms with Gasteiger partial charge in [0, 0.05) is 17.3 Å². The number of nitrogens with one attached hydrogen (secondary N) is 1. The van der Waals surface area contributed by atoms with Gasteiger partial charge in [0.2, 0.25) is 5.91 Å². The number of nitrogens with two attached hydrogens (primary N) is 1. The SMILES string of the molecule is CCCCCNC(=O)C(C)S(=O)c1cc(Cl)ccc1N. The summed E-state index contributed by atoms with van der Waals surface area (Å²) in [5.74, 6) is -0.223. The van der Waals surface area contributed by atoms with Crippen molar-refractivity contribution in [1.82, 2.24) is 5.32 Å². The third-order valence-electron chi connectivity index (χ3n) is 2.96. The van der Waals surface area contributed by atoms with Crippen LogP contribution in [0.3, 0.4) is 0 Å². The van der Waals surface area contributed by atoms with Crippen LogP contribution in [0.25, 0.3) is 0 Å². The highest BCUT2D eigenvalue weighted by Crippen LogP contribution is 2.23. The monoisotopic (exact) mass is 316 g/mol. The maximum atomic E-state index is 12.4. The Morgan fingerprint density at radius 2 is 2.15 bits per heavy atom. The van der Waals surface area contributed by atoms with Crippen molar-refractivity contribution < 1.29 is 9.00 Å². The van der Waals surface area contributed by atoms with Crippen LogP contribution in [0.15, 0.2) is 23.1 Å². The van der Waals surface area contributed by atoms with Gasteiger partial charge < -0.3 is 11.1 Å². The maximum Gasteiger partial charge on any atom is 0.235 e. The van der Waals surface area contributed by atoms with E-state index >= 15 is 0 Å². The van der Waals surface area contributed by atoms with E-state index in [1.54, 1.807) is 25.1 Å². The summed E-state index contributed by atoms with van der Waals surface area (Å²) in [7, 11) is -1.51. The van der Waals surface area contributed by atoms with Gasteiger partial charge in [-0.2, -0.15) is 0 Å². The molecule has 4 nitrogen and oxygen atoms in total. The van der Waals surface area contributed by atoms with Gasteiger partial charge in [-0.1, -0.05) is 31.4 Å². The molecular formula is C14H21ClN2O2S. The van der Waals surface area contributed by atoms with Crippen LogP contribution in [0.1, 0.15) is 33.1 Å². The van der Waals surface area contributed by atoms with E-state index < -0.39 is 16.0 Å². The molecule has 0 aromatic heterocycles. The molecule has 0 saturated heterocycles. The fraction of sp³-hybridized carbons (Fsp3) is 0.500. The molecule has 1 aromatic carbocycles. The minimum absolute atomic E-state index is 0.223. The number of unbranched alkanes of at least 4 members (excludes halogenated alkanes) is 2. The van der Waals surface area contributed by atoms with E-state index in [0.717, 1.165) is 19.3 Å². The third-order valence-corrected chi connectivity index (χ3v) is 4.84. The van der Waals surface area contributed by atoms with Gasteiger partial charge in [0.1, 0.15) is 5.25 Å². The van der Waals surface area contributed by atoms with E-state index in [1.165, 1.54) is 0 Å². The number of benzene rings is 1. The zero-order valence-electron chi connectivity index (χ0n) is 11.8. The molecule has 0 saturated carbocycles. The van der Waals surface area contributed by atoms with Crippen LogP contribution in [0.4, 0.5) is 5.69 Å². The van der Waals surface area contributed by atoms with Crippen molar-refractivity contribution in [2.75, 3.05) is 12.3 Å². The molecule has 20 heavy (non-hydrogen) atoms. The highest BCUT2D eigenvalue weighted by atomic mass is 35.5. The second kappa shape index (κ2) is 8.27. The number of amides is 1. The molecule has 1 rings (SSSR count). The molecule has 0 aliphatic carbocycles. The molecule has 0 bridgehead atoms. The summed E-state index contributed by atoms with van der Waals surface area (Å²) in [6.45, 7) is 4.34.